The van der Waals surface area contributed by atoms with Crippen LogP contribution < -0.4 is 20.7 Å². The Kier molecular flexibility index (Phi) is 7.61. The average Bonchev–Trinajstić information content (AvgIpc) is 3.41. The molecule has 15 nitrogen and oxygen atoms in total. The van der Waals surface area contributed by atoms with E-state index in [4.69, 9.17) is 4.74 Å². The van der Waals surface area contributed by atoms with Gasteiger partial charge in [-0.15, -0.1) is 0 Å². The summed E-state index contributed by atoms with van der Waals surface area (Å²) in [5, 5.41) is 29.4. The lowest BCUT2D eigenvalue weighted by Crippen LogP contribution is -2.50. The quantitative estimate of drug-likeness (QED) is 0.216. The van der Waals surface area contributed by atoms with Crippen LogP contribution in [0.2, 0.25) is 0 Å². The number of likely N-dealkylation sites (N-methyl/N-ethyl adjacent to an activating group) is 1. The van der Waals surface area contributed by atoms with Crippen molar-refractivity contribution in [1.82, 2.24) is 29.6 Å². The van der Waals surface area contributed by atoms with Gasteiger partial charge in [-0.25, -0.2) is 32.9 Å². The Morgan fingerprint density at radius 2 is 1.95 bits per heavy atom. The summed E-state index contributed by atoms with van der Waals surface area (Å²) in [5.41, 5.74) is -1.94. The number of sulfonamides is 1. The molecule has 2 aromatic heterocycles. The van der Waals surface area contributed by atoms with Crippen molar-refractivity contribution in [2.45, 2.75) is 49.6 Å². The summed E-state index contributed by atoms with van der Waals surface area (Å²) in [6, 6.07) is 4.71. The van der Waals surface area contributed by atoms with Crippen molar-refractivity contribution in [3.63, 3.8) is 0 Å². The first-order chi connectivity index (χ1) is 18.0. The van der Waals surface area contributed by atoms with Gasteiger partial charge in [-0.3, -0.25) is 14.7 Å². The predicted molar refractivity (Wildman–Crippen MR) is 134 cm³/mol. The molecule has 0 saturated carbocycles. The molecule has 4 rings (SSSR count). The fraction of sp³-hybridized carbons (Fsp3) is 0.409. The van der Waals surface area contributed by atoms with Crippen LogP contribution >= 0.6 is 0 Å². The number of benzene rings is 1. The molecule has 1 aliphatic heterocycles. The molecule has 0 radical (unpaired) electrons. The summed E-state index contributed by atoms with van der Waals surface area (Å²) in [7, 11) is -3.90. The molecule has 0 bridgehead atoms. The molecule has 1 saturated heterocycles. The minimum Gasteiger partial charge on any atom is -0.385 e. The van der Waals surface area contributed by atoms with E-state index in [0.29, 0.717) is 6.54 Å². The third-order valence-electron chi connectivity index (χ3n) is 5.64. The highest BCUT2D eigenvalue weighted by Crippen LogP contribution is 2.33. The van der Waals surface area contributed by atoms with E-state index in [0.717, 1.165) is 10.9 Å². The molecule has 0 spiro atoms. The Labute approximate surface area is 217 Å². The van der Waals surface area contributed by atoms with Gasteiger partial charge in [0.25, 0.3) is 5.91 Å². The highest BCUT2D eigenvalue weighted by molar-refractivity contribution is 7.89. The number of nitrogens with one attached hydrogen (secondary N) is 4. The van der Waals surface area contributed by atoms with Crippen LogP contribution in [-0.2, 0) is 25.3 Å². The minimum absolute atomic E-state index is 0.0333. The summed E-state index contributed by atoms with van der Waals surface area (Å²) in [4.78, 5) is 37.1. The fourth-order valence-corrected chi connectivity index (χ4v) is 5.40. The van der Waals surface area contributed by atoms with Gasteiger partial charge < -0.3 is 25.6 Å². The number of hydrogen-bond acceptors (Lipinski definition) is 10. The second kappa shape index (κ2) is 10.6. The van der Waals surface area contributed by atoms with Crippen LogP contribution in [0.5, 0.6) is 0 Å². The second-order valence-corrected chi connectivity index (χ2v) is 10.5. The third-order valence-corrected chi connectivity index (χ3v) is 7.36. The number of anilines is 2. The largest absolute Gasteiger partial charge is 0.385 e. The number of aromatic nitrogens is 4. The summed E-state index contributed by atoms with van der Waals surface area (Å²) in [6.45, 7) is 4.94. The number of carbonyl (C=O) groups is 2. The van der Waals surface area contributed by atoms with Gasteiger partial charge in [-0.05, 0) is 32.9 Å². The summed E-state index contributed by atoms with van der Waals surface area (Å²) in [5.74, 6) is -0.635. The maximum absolute atomic E-state index is 12.8. The number of para-hydroxylation sites is 1. The number of fused-ring (bicyclic) bond motifs is 1. The molecule has 1 aromatic carbocycles. The van der Waals surface area contributed by atoms with E-state index < -0.39 is 46.5 Å². The van der Waals surface area contributed by atoms with Crippen LogP contribution in [0.1, 0.15) is 20.8 Å². The third kappa shape index (κ3) is 5.16. The molecule has 2 unspecified atom stereocenters. The number of amides is 3. The van der Waals surface area contributed by atoms with E-state index in [2.05, 4.69) is 35.6 Å². The maximum Gasteiger partial charge on any atom is 0.324 e. The van der Waals surface area contributed by atoms with Crippen LogP contribution in [0, 0.1) is 0 Å². The molecular weight excluding hydrogens is 520 g/mol. The van der Waals surface area contributed by atoms with E-state index in [-0.39, 0.29) is 33.6 Å². The molecule has 204 valence electrons. The topological polar surface area (TPSA) is 210 Å². The minimum atomic E-state index is -3.90. The fourth-order valence-electron chi connectivity index (χ4n) is 3.99. The SMILES string of the molecule is CCNC(=O)[C@H]1OCC(O)(n2cnc3c(NC(=O)Nc4ccccc4S(=O)(=O)NC(C)C)ncnc32)C1O. The smallest absolute Gasteiger partial charge is 0.324 e. The zero-order valence-corrected chi connectivity index (χ0v) is 21.6. The number of urea groups is 1. The number of nitrogens with zero attached hydrogens (tertiary/aromatic N) is 4. The Balaban J connectivity index is 1.58. The van der Waals surface area contributed by atoms with Gasteiger partial charge in [0, 0.05) is 12.6 Å². The normalized spacial score (nSPS) is 21.5. The molecule has 0 aliphatic carbocycles. The lowest BCUT2D eigenvalue weighted by atomic mass is 10.0. The van der Waals surface area contributed by atoms with Crippen LogP contribution in [0.4, 0.5) is 16.3 Å². The molecule has 6 N–H and O–H groups in total. The number of ether oxygens (including phenoxy) is 1. The monoisotopic (exact) mass is 548 g/mol. The van der Waals surface area contributed by atoms with Crippen molar-refractivity contribution in [1.29, 1.82) is 0 Å². The van der Waals surface area contributed by atoms with Crippen molar-refractivity contribution in [2.24, 2.45) is 0 Å². The van der Waals surface area contributed by atoms with Crippen LogP contribution in [0.25, 0.3) is 11.2 Å². The highest BCUT2D eigenvalue weighted by atomic mass is 32.2. The second-order valence-electron chi connectivity index (χ2n) is 8.81. The molecule has 3 heterocycles. The molecular formula is C22H28N8O7S. The highest BCUT2D eigenvalue weighted by Gasteiger charge is 2.53. The van der Waals surface area contributed by atoms with E-state index in [1.54, 1.807) is 26.8 Å². The summed E-state index contributed by atoms with van der Waals surface area (Å²) >= 11 is 0. The average molecular weight is 549 g/mol. The first-order valence-corrected chi connectivity index (χ1v) is 13.1. The van der Waals surface area contributed by atoms with Gasteiger partial charge >= 0.3 is 6.03 Å². The number of imidazole rings is 1. The van der Waals surface area contributed by atoms with Crippen molar-refractivity contribution in [2.75, 3.05) is 23.8 Å². The zero-order chi connectivity index (χ0) is 27.7. The summed E-state index contributed by atoms with van der Waals surface area (Å²) in [6.07, 6.45) is -0.675. The number of aliphatic hydroxyl groups is 2. The predicted octanol–water partition coefficient (Wildman–Crippen LogP) is -0.302. The van der Waals surface area contributed by atoms with Gasteiger partial charge in [0.1, 0.15) is 17.3 Å². The molecule has 1 aliphatic rings. The van der Waals surface area contributed by atoms with Gasteiger partial charge in [-0.1, -0.05) is 12.1 Å². The number of rotatable bonds is 8. The van der Waals surface area contributed by atoms with Crippen LogP contribution in [-0.4, -0.2) is 81.5 Å². The number of aliphatic hydroxyl groups excluding tert-OH is 1. The molecule has 3 amide bonds. The van der Waals surface area contributed by atoms with Crippen molar-refractivity contribution >= 4 is 44.6 Å². The van der Waals surface area contributed by atoms with Gasteiger partial charge in [-0.2, -0.15) is 0 Å². The van der Waals surface area contributed by atoms with E-state index >= 15 is 0 Å². The van der Waals surface area contributed by atoms with Crippen molar-refractivity contribution < 1.29 is 33.0 Å². The number of hydrogen-bond donors (Lipinski definition) is 6. The van der Waals surface area contributed by atoms with Crippen LogP contribution in [0.15, 0.2) is 41.8 Å². The summed E-state index contributed by atoms with van der Waals surface area (Å²) < 4.78 is 34.3. The lowest BCUT2D eigenvalue weighted by Gasteiger charge is -2.27. The van der Waals surface area contributed by atoms with Crippen molar-refractivity contribution in [3.8, 4) is 0 Å². The van der Waals surface area contributed by atoms with Gasteiger partial charge in [0.15, 0.2) is 28.8 Å². The Hall–Kier alpha value is -3.70. The standard InChI is InChI=1S/C22H28N8O7S/c1-4-23-20(32)16-17(31)22(34,9-37-16)30-11-26-15-18(24-10-25-19(15)30)28-21(33)27-13-7-5-6-8-14(13)38(35,36)29-12(2)3/h5-8,10-12,16-17,29,31,34H,4,9H2,1-3H3,(H,23,32)(H2,24,25,27,28,33)/t16-,17?,22?/m0/s1. The molecule has 3 atom stereocenters. The van der Waals surface area contributed by atoms with Crippen molar-refractivity contribution in [3.05, 3.63) is 36.9 Å². The first kappa shape index (κ1) is 27.3. The Morgan fingerprint density at radius 1 is 1.21 bits per heavy atom. The molecule has 3 aromatic rings. The van der Waals surface area contributed by atoms with E-state index in [1.165, 1.54) is 24.5 Å². The lowest BCUT2D eigenvalue weighted by molar-refractivity contribution is -0.137. The molecule has 1 fully saturated rings. The number of carbonyl (C=O) groups excluding carboxylic acids is 2. The Bertz CT molecular complexity index is 1460. The van der Waals surface area contributed by atoms with E-state index in [9.17, 15) is 28.2 Å². The zero-order valence-electron chi connectivity index (χ0n) is 20.7. The molecule has 38 heavy (non-hydrogen) atoms. The Morgan fingerprint density at radius 3 is 2.66 bits per heavy atom. The van der Waals surface area contributed by atoms with Gasteiger partial charge in [0.2, 0.25) is 10.0 Å². The molecule has 16 heteroatoms. The first-order valence-electron chi connectivity index (χ1n) is 11.7. The maximum atomic E-state index is 12.8. The van der Waals surface area contributed by atoms with Gasteiger partial charge in [0.05, 0.1) is 18.6 Å². The van der Waals surface area contributed by atoms with Crippen LogP contribution in [0.3, 0.4) is 0 Å². The van der Waals surface area contributed by atoms with E-state index in [1.807, 2.05) is 0 Å².